The fourth-order valence-electron chi connectivity index (χ4n) is 1.34. The van der Waals surface area contributed by atoms with E-state index >= 15 is 0 Å². The number of fused-ring (bicyclic) bond motifs is 1. The number of nitrogens with one attached hydrogen (secondary N) is 1. The van der Waals surface area contributed by atoms with E-state index in [1.165, 1.54) is 0 Å². The molecule has 0 spiro atoms. The van der Waals surface area contributed by atoms with Crippen LogP contribution in [0.2, 0.25) is 5.02 Å². The maximum atomic E-state index is 11.8. The van der Waals surface area contributed by atoms with Crippen LogP contribution in [0.25, 0.3) is 11.0 Å². The number of hydrogen-bond acceptors (Lipinski definition) is 5. The Bertz CT molecular complexity index is 545. The van der Waals surface area contributed by atoms with Gasteiger partial charge in [0.25, 0.3) is 0 Å². The largest absolute Gasteiger partial charge is 0.522 e. The second-order valence-electron chi connectivity index (χ2n) is 3.28. The van der Waals surface area contributed by atoms with E-state index in [1.54, 1.807) is 12.1 Å². The van der Waals surface area contributed by atoms with E-state index in [4.69, 9.17) is 11.6 Å². The van der Waals surface area contributed by atoms with Gasteiger partial charge in [0.1, 0.15) is 11.0 Å². The minimum Gasteiger partial charge on any atom is -0.380 e. The zero-order valence-electron chi connectivity index (χ0n) is 8.79. The molecule has 1 aromatic carbocycles. The van der Waals surface area contributed by atoms with Gasteiger partial charge < -0.3 is 5.32 Å². The minimum absolute atomic E-state index is 0.0319. The molecule has 2 aromatic rings. The third-order valence-corrected chi connectivity index (χ3v) is 2.90. The summed E-state index contributed by atoms with van der Waals surface area (Å²) in [6.45, 7) is -0.538. The monoisotopic (exact) mass is 297 g/mol. The van der Waals surface area contributed by atoms with Crippen LogP contribution in [-0.2, 0) is 4.74 Å². The van der Waals surface area contributed by atoms with Gasteiger partial charge in [-0.3, -0.25) is 4.74 Å². The van der Waals surface area contributed by atoms with Crippen molar-refractivity contribution in [2.45, 2.75) is 6.36 Å². The molecule has 4 nitrogen and oxygen atoms in total. The van der Waals surface area contributed by atoms with Crippen molar-refractivity contribution in [3.63, 3.8) is 0 Å². The molecule has 0 unspecified atom stereocenters. The number of anilines is 1. The fraction of sp³-hybridized carbons (Fsp3) is 0.333. The Kier molecular flexibility index (Phi) is 3.88. The molecule has 0 atom stereocenters. The Morgan fingerprint density at radius 1 is 1.33 bits per heavy atom. The molecule has 0 amide bonds. The van der Waals surface area contributed by atoms with Crippen molar-refractivity contribution in [3.8, 4) is 0 Å². The van der Waals surface area contributed by atoms with E-state index in [2.05, 4.69) is 18.8 Å². The van der Waals surface area contributed by atoms with E-state index < -0.39 is 13.0 Å². The number of ether oxygens (including phenoxy) is 1. The molecule has 0 saturated carbocycles. The van der Waals surface area contributed by atoms with Crippen LogP contribution in [0.3, 0.4) is 0 Å². The zero-order valence-corrected chi connectivity index (χ0v) is 10.4. The van der Waals surface area contributed by atoms with Crippen molar-refractivity contribution in [3.05, 3.63) is 17.2 Å². The summed E-state index contributed by atoms with van der Waals surface area (Å²) < 4.78 is 47.0. The standard InChI is InChI=1S/C9H7ClF3N3OS/c10-5-1-2-6-8(16-18-15-6)7(5)14-3-4-17-9(11,12)13/h1-2,14H,3-4H2. The molecule has 0 radical (unpaired) electrons. The van der Waals surface area contributed by atoms with Gasteiger partial charge >= 0.3 is 6.36 Å². The lowest BCUT2D eigenvalue weighted by Crippen LogP contribution is -2.19. The first-order valence-corrected chi connectivity index (χ1v) is 5.93. The zero-order chi connectivity index (χ0) is 13.2. The van der Waals surface area contributed by atoms with E-state index in [-0.39, 0.29) is 6.54 Å². The summed E-state index contributed by atoms with van der Waals surface area (Å²) in [5.41, 5.74) is 1.65. The first-order chi connectivity index (χ1) is 8.47. The Hall–Kier alpha value is -1.12. The fourth-order valence-corrected chi connectivity index (χ4v) is 2.10. The van der Waals surface area contributed by atoms with Crippen LogP contribution in [-0.4, -0.2) is 28.3 Å². The SMILES string of the molecule is FC(F)(F)OCCNc1c(Cl)ccc2nsnc12. The lowest BCUT2D eigenvalue weighted by Gasteiger charge is -2.10. The molecule has 0 fully saturated rings. The Morgan fingerprint density at radius 3 is 2.83 bits per heavy atom. The van der Waals surface area contributed by atoms with Gasteiger partial charge in [-0.05, 0) is 12.1 Å². The molecule has 1 N–H and O–H groups in total. The summed E-state index contributed by atoms with van der Waals surface area (Å²) in [4.78, 5) is 0. The normalized spacial score (nSPS) is 12.0. The second kappa shape index (κ2) is 5.25. The summed E-state index contributed by atoms with van der Waals surface area (Å²) in [6, 6.07) is 3.30. The highest BCUT2D eigenvalue weighted by molar-refractivity contribution is 7.00. The van der Waals surface area contributed by atoms with E-state index in [9.17, 15) is 13.2 Å². The first kappa shape index (κ1) is 13.3. The maximum absolute atomic E-state index is 11.8. The smallest absolute Gasteiger partial charge is 0.380 e. The highest BCUT2D eigenvalue weighted by Crippen LogP contribution is 2.29. The molecular weight excluding hydrogens is 291 g/mol. The van der Waals surface area contributed by atoms with Crippen molar-refractivity contribution in [2.75, 3.05) is 18.5 Å². The number of halogens is 4. The molecular formula is C9H7ClF3N3OS. The molecule has 1 aromatic heterocycles. The van der Waals surface area contributed by atoms with Crippen molar-refractivity contribution >= 4 is 40.0 Å². The molecule has 0 bridgehead atoms. The van der Waals surface area contributed by atoms with E-state index in [0.29, 0.717) is 21.7 Å². The molecule has 0 aliphatic carbocycles. The summed E-state index contributed by atoms with van der Waals surface area (Å²) in [6.07, 6.45) is -4.63. The predicted octanol–water partition coefficient (Wildman–Crippen LogP) is 3.29. The van der Waals surface area contributed by atoms with Gasteiger partial charge in [0.15, 0.2) is 0 Å². The van der Waals surface area contributed by atoms with Crippen molar-refractivity contribution in [1.29, 1.82) is 0 Å². The summed E-state index contributed by atoms with van der Waals surface area (Å²) in [7, 11) is 0. The van der Waals surface area contributed by atoms with Gasteiger partial charge in [0.05, 0.1) is 29.0 Å². The topological polar surface area (TPSA) is 47.0 Å². The van der Waals surface area contributed by atoms with Crippen LogP contribution < -0.4 is 5.32 Å². The molecule has 0 saturated heterocycles. The van der Waals surface area contributed by atoms with Gasteiger partial charge in [0, 0.05) is 6.54 Å². The van der Waals surface area contributed by atoms with E-state index in [1.807, 2.05) is 0 Å². The second-order valence-corrected chi connectivity index (χ2v) is 4.21. The average molecular weight is 298 g/mol. The Labute approximate surface area is 109 Å². The molecule has 2 rings (SSSR count). The van der Waals surface area contributed by atoms with Crippen LogP contribution >= 0.6 is 23.3 Å². The highest BCUT2D eigenvalue weighted by Gasteiger charge is 2.28. The van der Waals surface area contributed by atoms with Gasteiger partial charge in [-0.2, -0.15) is 8.75 Å². The Morgan fingerprint density at radius 2 is 2.11 bits per heavy atom. The van der Waals surface area contributed by atoms with Crippen LogP contribution in [0.5, 0.6) is 0 Å². The lowest BCUT2D eigenvalue weighted by atomic mass is 10.2. The van der Waals surface area contributed by atoms with Crippen LogP contribution in [0.15, 0.2) is 12.1 Å². The number of nitrogens with zero attached hydrogens (tertiary/aromatic N) is 2. The number of benzene rings is 1. The van der Waals surface area contributed by atoms with Gasteiger partial charge in [-0.15, -0.1) is 13.2 Å². The van der Waals surface area contributed by atoms with Crippen molar-refractivity contribution < 1.29 is 17.9 Å². The van der Waals surface area contributed by atoms with Gasteiger partial charge in [-0.1, -0.05) is 11.6 Å². The summed E-state index contributed by atoms with van der Waals surface area (Å²) >= 11 is 6.95. The molecule has 0 aliphatic heterocycles. The van der Waals surface area contributed by atoms with Crippen LogP contribution in [0, 0.1) is 0 Å². The number of aromatic nitrogens is 2. The third kappa shape index (κ3) is 3.21. The number of alkyl halides is 3. The first-order valence-electron chi connectivity index (χ1n) is 4.83. The van der Waals surface area contributed by atoms with Crippen LogP contribution in [0.1, 0.15) is 0 Å². The quantitative estimate of drug-likeness (QED) is 0.880. The predicted molar refractivity (Wildman–Crippen MR) is 62.9 cm³/mol. The molecule has 98 valence electrons. The Balaban J connectivity index is 2.03. The van der Waals surface area contributed by atoms with Gasteiger partial charge in [-0.25, -0.2) is 0 Å². The summed E-state index contributed by atoms with van der Waals surface area (Å²) in [5, 5.41) is 3.14. The third-order valence-electron chi connectivity index (χ3n) is 2.05. The maximum Gasteiger partial charge on any atom is 0.522 e. The van der Waals surface area contributed by atoms with E-state index in [0.717, 1.165) is 11.7 Å². The molecule has 9 heteroatoms. The highest BCUT2D eigenvalue weighted by atomic mass is 35.5. The molecule has 0 aliphatic rings. The van der Waals surface area contributed by atoms with Crippen molar-refractivity contribution in [1.82, 2.24) is 8.75 Å². The summed E-state index contributed by atoms with van der Waals surface area (Å²) in [5.74, 6) is 0. The lowest BCUT2D eigenvalue weighted by molar-refractivity contribution is -0.322. The number of rotatable bonds is 4. The van der Waals surface area contributed by atoms with Crippen molar-refractivity contribution in [2.24, 2.45) is 0 Å². The molecule has 1 heterocycles. The van der Waals surface area contributed by atoms with Gasteiger partial charge in [0.2, 0.25) is 0 Å². The van der Waals surface area contributed by atoms with Crippen LogP contribution in [0.4, 0.5) is 18.9 Å². The number of hydrogen-bond donors (Lipinski definition) is 1. The minimum atomic E-state index is -4.63. The average Bonchev–Trinajstić information content (AvgIpc) is 2.73. The molecule has 18 heavy (non-hydrogen) atoms.